The van der Waals surface area contributed by atoms with Crippen molar-refractivity contribution in [1.29, 1.82) is 0 Å². The van der Waals surface area contributed by atoms with E-state index in [0.29, 0.717) is 5.75 Å². The minimum absolute atomic E-state index is 0.0529. The Bertz CT molecular complexity index is 1160. The standard InChI is InChI=1S/C26H30N2O6/c1-15(2)24(34-20-11-10-18-8-6-7-9-19(18)14-20)17(4)33-26(31)16(3)28-25(30)22-23(29)21(32-5)12-13-27-22/h6-17,24,29H,1-5H3,(H,28,30)/t16-,17-,24+/m0/s1. The summed E-state index contributed by atoms with van der Waals surface area (Å²) in [6.45, 7) is 7.23. The van der Waals surface area contributed by atoms with Crippen molar-refractivity contribution in [3.63, 3.8) is 0 Å². The van der Waals surface area contributed by atoms with Crippen LogP contribution in [0.3, 0.4) is 0 Å². The van der Waals surface area contributed by atoms with Gasteiger partial charge in [0, 0.05) is 12.3 Å². The average Bonchev–Trinajstić information content (AvgIpc) is 2.82. The molecule has 0 spiro atoms. The number of ether oxygens (including phenoxy) is 3. The normalized spacial score (nSPS) is 13.7. The zero-order valence-electron chi connectivity index (χ0n) is 19.9. The molecule has 8 nitrogen and oxygen atoms in total. The van der Waals surface area contributed by atoms with Crippen LogP contribution in [0.4, 0.5) is 0 Å². The number of hydrogen-bond acceptors (Lipinski definition) is 7. The van der Waals surface area contributed by atoms with Gasteiger partial charge in [0.15, 0.2) is 17.2 Å². The Hall–Kier alpha value is -3.81. The molecule has 0 unspecified atom stereocenters. The topological polar surface area (TPSA) is 107 Å². The average molecular weight is 467 g/mol. The van der Waals surface area contributed by atoms with Crippen LogP contribution in [-0.2, 0) is 9.53 Å². The van der Waals surface area contributed by atoms with E-state index in [0.717, 1.165) is 10.8 Å². The Balaban J connectivity index is 1.65. The number of hydrogen-bond donors (Lipinski definition) is 2. The number of fused-ring (bicyclic) bond motifs is 1. The summed E-state index contributed by atoms with van der Waals surface area (Å²) in [5.74, 6) is -0.912. The molecule has 2 aromatic carbocycles. The Labute approximate surface area is 198 Å². The molecular formula is C26H30N2O6. The first-order chi connectivity index (χ1) is 16.2. The fraction of sp³-hybridized carbons (Fsp3) is 0.346. The van der Waals surface area contributed by atoms with Crippen LogP contribution in [0, 0.1) is 5.92 Å². The van der Waals surface area contributed by atoms with E-state index in [9.17, 15) is 14.7 Å². The zero-order chi connectivity index (χ0) is 24.8. The highest BCUT2D eigenvalue weighted by atomic mass is 16.6. The molecule has 0 aliphatic carbocycles. The number of esters is 1. The van der Waals surface area contributed by atoms with E-state index in [1.165, 1.54) is 26.3 Å². The molecule has 0 saturated carbocycles. The highest BCUT2D eigenvalue weighted by molar-refractivity contribution is 5.97. The Kier molecular flexibility index (Phi) is 7.94. The van der Waals surface area contributed by atoms with Crippen molar-refractivity contribution in [2.45, 2.75) is 45.9 Å². The van der Waals surface area contributed by atoms with Crippen molar-refractivity contribution in [2.75, 3.05) is 7.11 Å². The summed E-state index contributed by atoms with van der Waals surface area (Å²) in [6.07, 6.45) is 0.342. The van der Waals surface area contributed by atoms with Gasteiger partial charge in [-0.3, -0.25) is 4.79 Å². The molecule has 2 N–H and O–H groups in total. The van der Waals surface area contributed by atoms with E-state index in [4.69, 9.17) is 14.2 Å². The molecule has 0 saturated heterocycles. The summed E-state index contributed by atoms with van der Waals surface area (Å²) in [5.41, 5.74) is -0.244. The first-order valence-corrected chi connectivity index (χ1v) is 11.1. The van der Waals surface area contributed by atoms with Gasteiger partial charge in [0.2, 0.25) is 0 Å². The smallest absolute Gasteiger partial charge is 0.328 e. The molecular weight excluding hydrogens is 436 g/mol. The molecule has 34 heavy (non-hydrogen) atoms. The summed E-state index contributed by atoms with van der Waals surface area (Å²) < 4.78 is 16.8. The number of amides is 1. The van der Waals surface area contributed by atoms with Crippen LogP contribution in [0.2, 0.25) is 0 Å². The van der Waals surface area contributed by atoms with Gasteiger partial charge < -0.3 is 24.6 Å². The molecule has 1 aromatic heterocycles. The Morgan fingerprint density at radius 3 is 2.38 bits per heavy atom. The fourth-order valence-corrected chi connectivity index (χ4v) is 3.62. The van der Waals surface area contributed by atoms with Crippen molar-refractivity contribution in [1.82, 2.24) is 10.3 Å². The molecule has 3 atom stereocenters. The van der Waals surface area contributed by atoms with E-state index < -0.39 is 35.9 Å². The van der Waals surface area contributed by atoms with Gasteiger partial charge in [-0.2, -0.15) is 0 Å². The lowest BCUT2D eigenvalue weighted by Gasteiger charge is -2.29. The van der Waals surface area contributed by atoms with Crippen molar-refractivity contribution >= 4 is 22.6 Å². The highest BCUT2D eigenvalue weighted by Gasteiger charge is 2.29. The quantitative estimate of drug-likeness (QED) is 0.457. The van der Waals surface area contributed by atoms with Crippen molar-refractivity contribution in [3.05, 3.63) is 60.4 Å². The third kappa shape index (κ3) is 5.75. The second-order valence-corrected chi connectivity index (χ2v) is 8.38. The third-order valence-corrected chi connectivity index (χ3v) is 5.44. The van der Waals surface area contributed by atoms with Gasteiger partial charge >= 0.3 is 5.97 Å². The SMILES string of the molecule is COc1ccnc(C(=O)N[C@@H](C)C(=O)O[C@@H](C)[C@H](Oc2ccc3ccccc3c2)C(C)C)c1O. The lowest BCUT2D eigenvalue weighted by Crippen LogP contribution is -2.44. The maximum Gasteiger partial charge on any atom is 0.328 e. The van der Waals surface area contributed by atoms with Gasteiger partial charge in [0.05, 0.1) is 7.11 Å². The number of aromatic nitrogens is 1. The molecule has 0 fully saturated rings. The number of carbonyl (C=O) groups is 2. The van der Waals surface area contributed by atoms with Crippen LogP contribution in [-0.4, -0.2) is 47.3 Å². The van der Waals surface area contributed by atoms with Gasteiger partial charge in [-0.25, -0.2) is 9.78 Å². The summed E-state index contributed by atoms with van der Waals surface area (Å²) in [6, 6.07) is 14.3. The molecule has 1 heterocycles. The molecule has 0 aliphatic heterocycles. The molecule has 3 rings (SSSR count). The van der Waals surface area contributed by atoms with E-state index in [1.54, 1.807) is 6.92 Å². The Morgan fingerprint density at radius 2 is 1.71 bits per heavy atom. The fourth-order valence-electron chi connectivity index (χ4n) is 3.62. The largest absolute Gasteiger partial charge is 0.503 e. The minimum Gasteiger partial charge on any atom is -0.503 e. The number of carbonyl (C=O) groups excluding carboxylic acids is 2. The van der Waals surface area contributed by atoms with Crippen LogP contribution in [0.1, 0.15) is 38.2 Å². The molecule has 1 amide bonds. The van der Waals surface area contributed by atoms with E-state index in [2.05, 4.69) is 10.3 Å². The maximum atomic E-state index is 12.7. The van der Waals surface area contributed by atoms with Gasteiger partial charge in [-0.1, -0.05) is 44.2 Å². The predicted octanol–water partition coefficient (Wildman–Crippen LogP) is 4.10. The van der Waals surface area contributed by atoms with Gasteiger partial charge in [0.25, 0.3) is 5.91 Å². The van der Waals surface area contributed by atoms with Crippen molar-refractivity contribution < 1.29 is 28.9 Å². The number of benzene rings is 2. The number of nitrogens with zero attached hydrogens (tertiary/aromatic N) is 1. The monoisotopic (exact) mass is 466 g/mol. The van der Waals surface area contributed by atoms with E-state index in [-0.39, 0.29) is 17.4 Å². The molecule has 0 radical (unpaired) electrons. The highest BCUT2D eigenvalue weighted by Crippen LogP contribution is 2.28. The van der Waals surface area contributed by atoms with Crippen LogP contribution >= 0.6 is 0 Å². The summed E-state index contributed by atoms with van der Waals surface area (Å²) in [5, 5.41) is 14.8. The summed E-state index contributed by atoms with van der Waals surface area (Å²) in [4.78, 5) is 29.1. The predicted molar refractivity (Wildman–Crippen MR) is 128 cm³/mol. The van der Waals surface area contributed by atoms with Gasteiger partial charge in [0.1, 0.15) is 24.0 Å². The first-order valence-electron chi connectivity index (χ1n) is 11.1. The number of methoxy groups -OCH3 is 1. The Morgan fingerprint density at radius 1 is 1.00 bits per heavy atom. The molecule has 0 bridgehead atoms. The first kappa shape index (κ1) is 24.8. The van der Waals surface area contributed by atoms with E-state index in [1.807, 2.05) is 56.3 Å². The van der Waals surface area contributed by atoms with Crippen LogP contribution < -0.4 is 14.8 Å². The lowest BCUT2D eigenvalue weighted by molar-refractivity contribution is -0.155. The zero-order valence-corrected chi connectivity index (χ0v) is 19.9. The second-order valence-electron chi connectivity index (χ2n) is 8.38. The number of rotatable bonds is 9. The van der Waals surface area contributed by atoms with Crippen LogP contribution in [0.15, 0.2) is 54.7 Å². The number of aromatic hydroxyl groups is 1. The summed E-state index contributed by atoms with van der Waals surface area (Å²) in [7, 11) is 1.36. The molecule has 3 aromatic rings. The molecule has 180 valence electrons. The van der Waals surface area contributed by atoms with Crippen LogP contribution in [0.25, 0.3) is 10.8 Å². The minimum atomic E-state index is -0.976. The molecule has 0 aliphatic rings. The van der Waals surface area contributed by atoms with Crippen molar-refractivity contribution in [3.8, 4) is 17.2 Å². The number of pyridine rings is 1. The van der Waals surface area contributed by atoms with Crippen LogP contribution in [0.5, 0.6) is 17.2 Å². The third-order valence-electron chi connectivity index (χ3n) is 5.44. The lowest BCUT2D eigenvalue weighted by atomic mass is 10.0. The maximum absolute atomic E-state index is 12.7. The van der Waals surface area contributed by atoms with Gasteiger partial charge in [-0.15, -0.1) is 0 Å². The van der Waals surface area contributed by atoms with Crippen molar-refractivity contribution in [2.24, 2.45) is 5.92 Å². The van der Waals surface area contributed by atoms with Gasteiger partial charge in [-0.05, 0) is 42.7 Å². The second kappa shape index (κ2) is 10.9. The van der Waals surface area contributed by atoms with E-state index >= 15 is 0 Å². The molecule has 8 heteroatoms. The summed E-state index contributed by atoms with van der Waals surface area (Å²) >= 11 is 0. The number of nitrogens with one attached hydrogen (secondary N) is 1.